The Labute approximate surface area is 137 Å². The summed E-state index contributed by atoms with van der Waals surface area (Å²) >= 11 is 1.32. The molecule has 4 nitrogen and oxygen atoms in total. The van der Waals surface area contributed by atoms with E-state index in [0.29, 0.717) is 10.9 Å². The topological polar surface area (TPSA) is 41.9 Å². The molecular formula is C17H15FN2O2S. The van der Waals surface area contributed by atoms with Crippen LogP contribution in [0.15, 0.2) is 59.6 Å². The molecule has 0 N–H and O–H groups in total. The molecule has 2 aromatic rings. The minimum Gasteiger partial charge on any atom is -0.271 e. The quantitative estimate of drug-likeness (QED) is 0.853. The maximum Gasteiger partial charge on any atom is 0.266 e. The fourth-order valence-electron chi connectivity index (χ4n) is 2.05. The van der Waals surface area contributed by atoms with Gasteiger partial charge in [0.05, 0.1) is 10.9 Å². The number of thioether (sulfide) groups is 1. The molecule has 0 aliphatic carbocycles. The lowest BCUT2D eigenvalue weighted by Crippen LogP contribution is -2.31. The van der Waals surface area contributed by atoms with Crippen molar-refractivity contribution in [2.75, 3.05) is 0 Å². The van der Waals surface area contributed by atoms with Crippen molar-refractivity contribution in [3.8, 4) is 0 Å². The normalized spacial score (nSPS) is 19.6. The smallest absolute Gasteiger partial charge is 0.266 e. The van der Waals surface area contributed by atoms with Crippen molar-refractivity contribution in [1.29, 1.82) is 0 Å². The molecule has 1 unspecified atom stereocenters. The number of hydrogen-bond acceptors (Lipinski definition) is 4. The van der Waals surface area contributed by atoms with Gasteiger partial charge in [-0.05, 0) is 36.8 Å². The molecule has 2 aromatic carbocycles. The van der Waals surface area contributed by atoms with E-state index in [2.05, 4.69) is 4.99 Å². The Hall–Kier alpha value is -2.18. The van der Waals surface area contributed by atoms with Crippen LogP contribution in [0.4, 0.5) is 10.1 Å². The molecule has 1 atom stereocenters. The number of hydrogen-bond donors (Lipinski definition) is 0. The van der Waals surface area contributed by atoms with Gasteiger partial charge in [-0.1, -0.05) is 42.1 Å². The van der Waals surface area contributed by atoms with Gasteiger partial charge in [-0.3, -0.25) is 9.63 Å². The third-order valence-corrected chi connectivity index (χ3v) is 4.28. The second-order valence-corrected chi connectivity index (χ2v) is 6.33. The first-order valence-corrected chi connectivity index (χ1v) is 8.03. The molecule has 6 heteroatoms. The summed E-state index contributed by atoms with van der Waals surface area (Å²) in [6.45, 7) is 2.08. The highest BCUT2D eigenvalue weighted by atomic mass is 32.2. The lowest BCUT2D eigenvalue weighted by Gasteiger charge is -2.15. The lowest BCUT2D eigenvalue weighted by atomic mass is 10.2. The first kappa shape index (κ1) is 15.7. The van der Waals surface area contributed by atoms with Gasteiger partial charge in [-0.2, -0.15) is 5.06 Å². The molecule has 1 amide bonds. The highest BCUT2D eigenvalue weighted by Gasteiger charge is 2.36. The third-order valence-electron chi connectivity index (χ3n) is 3.26. The molecule has 0 radical (unpaired) electrons. The van der Waals surface area contributed by atoms with E-state index in [4.69, 9.17) is 4.84 Å². The molecule has 1 heterocycles. The number of carbonyl (C=O) groups is 1. The number of hydroxylamine groups is 2. The number of aliphatic imine (C=N–C) groups is 1. The fourth-order valence-corrected chi connectivity index (χ4v) is 2.96. The molecule has 118 valence electrons. The summed E-state index contributed by atoms with van der Waals surface area (Å²) in [7, 11) is 0. The van der Waals surface area contributed by atoms with Crippen molar-refractivity contribution in [3.05, 3.63) is 66.0 Å². The summed E-state index contributed by atoms with van der Waals surface area (Å²) in [5.74, 6) is -0.471. The van der Waals surface area contributed by atoms with Gasteiger partial charge >= 0.3 is 0 Å². The molecule has 0 bridgehead atoms. The first-order chi connectivity index (χ1) is 11.1. The zero-order valence-corrected chi connectivity index (χ0v) is 13.3. The van der Waals surface area contributed by atoms with Crippen LogP contribution in [0.25, 0.3) is 0 Å². The van der Waals surface area contributed by atoms with E-state index in [1.54, 1.807) is 19.1 Å². The van der Waals surface area contributed by atoms with Crippen LogP contribution >= 0.6 is 11.8 Å². The van der Waals surface area contributed by atoms with E-state index >= 15 is 0 Å². The van der Waals surface area contributed by atoms with Gasteiger partial charge in [0.2, 0.25) is 0 Å². The maximum absolute atomic E-state index is 13.0. The molecule has 1 saturated heterocycles. The van der Waals surface area contributed by atoms with Crippen molar-refractivity contribution in [1.82, 2.24) is 5.06 Å². The molecule has 23 heavy (non-hydrogen) atoms. The zero-order chi connectivity index (χ0) is 16.2. The molecule has 3 rings (SSSR count). The summed E-state index contributed by atoms with van der Waals surface area (Å²) in [5.41, 5.74) is 1.54. The number of amides is 1. The number of carbonyl (C=O) groups excluding carboxylic acids is 1. The molecule has 1 aliphatic rings. The number of amidine groups is 1. The molecular weight excluding hydrogens is 315 g/mol. The number of halogens is 1. The second kappa shape index (κ2) is 6.93. The van der Waals surface area contributed by atoms with Crippen molar-refractivity contribution in [3.63, 3.8) is 0 Å². The van der Waals surface area contributed by atoms with E-state index in [1.807, 2.05) is 30.3 Å². The highest BCUT2D eigenvalue weighted by Crippen LogP contribution is 2.30. The van der Waals surface area contributed by atoms with E-state index < -0.39 is 0 Å². The van der Waals surface area contributed by atoms with Crippen molar-refractivity contribution < 1.29 is 14.0 Å². The predicted molar refractivity (Wildman–Crippen MR) is 88.6 cm³/mol. The zero-order valence-electron chi connectivity index (χ0n) is 12.5. The molecule has 1 aliphatic heterocycles. The number of nitrogens with zero attached hydrogens (tertiary/aromatic N) is 2. The summed E-state index contributed by atoms with van der Waals surface area (Å²) in [6, 6.07) is 15.4. The molecule has 0 spiro atoms. The standard InChI is InChI=1S/C17H15FN2O2S/c1-12-16(21)20(22-11-13-5-3-2-4-6-13)17(23-12)19-15-9-7-14(18)8-10-15/h2-10,12H,11H2,1H3. The fraction of sp³-hybridized carbons (Fsp3) is 0.176. The van der Waals surface area contributed by atoms with Crippen LogP contribution in [-0.4, -0.2) is 21.4 Å². The third kappa shape index (κ3) is 3.78. The Morgan fingerprint density at radius 2 is 1.87 bits per heavy atom. The molecule has 1 fully saturated rings. The summed E-state index contributed by atoms with van der Waals surface area (Å²) in [5, 5.41) is 1.43. The van der Waals surface area contributed by atoms with Gasteiger partial charge in [-0.25, -0.2) is 9.38 Å². The lowest BCUT2D eigenvalue weighted by molar-refractivity contribution is -0.163. The predicted octanol–water partition coefficient (Wildman–Crippen LogP) is 3.91. The minimum atomic E-state index is -0.324. The van der Waals surface area contributed by atoms with E-state index in [0.717, 1.165) is 5.56 Å². The second-order valence-electron chi connectivity index (χ2n) is 5.02. The summed E-state index contributed by atoms with van der Waals surface area (Å²) in [6.07, 6.45) is 0. The summed E-state index contributed by atoms with van der Waals surface area (Å²) in [4.78, 5) is 22.2. The Morgan fingerprint density at radius 3 is 2.57 bits per heavy atom. The number of benzene rings is 2. The monoisotopic (exact) mass is 330 g/mol. The van der Waals surface area contributed by atoms with Crippen molar-refractivity contribution >= 4 is 28.5 Å². The van der Waals surface area contributed by atoms with Crippen LogP contribution in [0.1, 0.15) is 12.5 Å². The van der Waals surface area contributed by atoms with E-state index in [9.17, 15) is 9.18 Å². The number of rotatable bonds is 4. The van der Waals surface area contributed by atoms with Gasteiger partial charge in [0.15, 0.2) is 5.17 Å². The Kier molecular flexibility index (Phi) is 4.73. The van der Waals surface area contributed by atoms with Crippen LogP contribution in [-0.2, 0) is 16.2 Å². The van der Waals surface area contributed by atoms with Crippen LogP contribution in [0.5, 0.6) is 0 Å². The van der Waals surface area contributed by atoms with Crippen LogP contribution < -0.4 is 0 Å². The van der Waals surface area contributed by atoms with Crippen LogP contribution in [0.3, 0.4) is 0 Å². The van der Waals surface area contributed by atoms with Gasteiger partial charge in [-0.15, -0.1) is 0 Å². The molecule has 0 saturated carbocycles. The van der Waals surface area contributed by atoms with Gasteiger partial charge in [0, 0.05) is 0 Å². The first-order valence-electron chi connectivity index (χ1n) is 7.15. The molecule has 0 aromatic heterocycles. The van der Waals surface area contributed by atoms with Crippen LogP contribution in [0.2, 0.25) is 0 Å². The van der Waals surface area contributed by atoms with Crippen molar-refractivity contribution in [2.24, 2.45) is 4.99 Å². The Bertz CT molecular complexity index is 719. The van der Waals surface area contributed by atoms with Gasteiger partial charge < -0.3 is 0 Å². The highest BCUT2D eigenvalue weighted by molar-refractivity contribution is 8.15. The van der Waals surface area contributed by atoms with Gasteiger partial charge in [0.25, 0.3) is 5.91 Å². The maximum atomic E-state index is 13.0. The Morgan fingerprint density at radius 1 is 1.17 bits per heavy atom. The average Bonchev–Trinajstić information content (AvgIpc) is 2.83. The SMILES string of the molecule is CC1SC(=Nc2ccc(F)cc2)N(OCc2ccccc2)C1=O. The van der Waals surface area contributed by atoms with Crippen LogP contribution in [0, 0.1) is 5.82 Å². The van der Waals surface area contributed by atoms with E-state index in [-0.39, 0.29) is 23.6 Å². The van der Waals surface area contributed by atoms with Crippen molar-refractivity contribution in [2.45, 2.75) is 18.8 Å². The Balaban J connectivity index is 1.77. The van der Waals surface area contributed by atoms with E-state index in [1.165, 1.54) is 29.0 Å². The largest absolute Gasteiger partial charge is 0.271 e. The van der Waals surface area contributed by atoms with Gasteiger partial charge in [0.1, 0.15) is 12.4 Å². The summed E-state index contributed by atoms with van der Waals surface area (Å²) < 4.78 is 13.0. The minimum absolute atomic E-state index is 0.146. The average molecular weight is 330 g/mol.